The van der Waals surface area contributed by atoms with Crippen LogP contribution in [0.15, 0.2) is 24.5 Å². The molecule has 0 saturated carbocycles. The minimum absolute atomic E-state index is 0.165. The van der Waals surface area contributed by atoms with Gasteiger partial charge in [0.05, 0.1) is 11.9 Å². The van der Waals surface area contributed by atoms with Crippen LogP contribution in [0.3, 0.4) is 0 Å². The summed E-state index contributed by atoms with van der Waals surface area (Å²) < 4.78 is 2.08. The highest BCUT2D eigenvalue weighted by Gasteiger charge is 2.18. The van der Waals surface area contributed by atoms with Crippen LogP contribution >= 0.6 is 0 Å². The number of nitrogens with one attached hydrogen (secondary N) is 2. The topological polar surface area (TPSA) is 134 Å². The monoisotopic (exact) mass is 427 g/mol. The van der Waals surface area contributed by atoms with Gasteiger partial charge in [-0.1, -0.05) is 13.8 Å². The summed E-state index contributed by atoms with van der Waals surface area (Å²) in [6.45, 7) is 8.70. The van der Waals surface area contributed by atoms with Crippen LogP contribution in [0.1, 0.15) is 58.6 Å². The summed E-state index contributed by atoms with van der Waals surface area (Å²) in [5.74, 6) is 1.20. The van der Waals surface area contributed by atoms with E-state index in [1.165, 1.54) is 0 Å². The molecule has 168 valence electrons. The first-order chi connectivity index (χ1) is 14.7. The maximum absolute atomic E-state index is 10.1. The minimum Gasteiger partial charge on any atom is -0.508 e. The number of aliphatic hydroxyl groups is 1. The Labute approximate surface area is 182 Å². The third kappa shape index (κ3) is 5.55. The first kappa shape index (κ1) is 22.6. The van der Waals surface area contributed by atoms with E-state index >= 15 is 0 Å². The second-order valence-electron chi connectivity index (χ2n) is 8.42. The second-order valence-corrected chi connectivity index (χ2v) is 8.42. The SMILES string of the molecule is CCC(CC)n1cnc2c(NCc3cc(N)ccc3O)nc(NCCC(C)(C)O)nc21. The van der Waals surface area contributed by atoms with Gasteiger partial charge in [0, 0.05) is 30.4 Å². The predicted molar refractivity (Wildman–Crippen MR) is 124 cm³/mol. The lowest BCUT2D eigenvalue weighted by Gasteiger charge is -2.18. The van der Waals surface area contributed by atoms with E-state index in [0.717, 1.165) is 18.5 Å². The summed E-state index contributed by atoms with van der Waals surface area (Å²) in [7, 11) is 0. The molecule has 1 aromatic carbocycles. The number of phenolic OH excluding ortho intramolecular Hbond substituents is 1. The number of phenols is 1. The van der Waals surface area contributed by atoms with Crippen molar-refractivity contribution in [1.82, 2.24) is 19.5 Å². The van der Waals surface area contributed by atoms with Gasteiger partial charge >= 0.3 is 0 Å². The highest BCUT2D eigenvalue weighted by Crippen LogP contribution is 2.27. The van der Waals surface area contributed by atoms with Crippen LogP contribution in [0.2, 0.25) is 0 Å². The third-order valence-electron chi connectivity index (χ3n) is 5.33. The second kappa shape index (κ2) is 9.38. The largest absolute Gasteiger partial charge is 0.508 e. The van der Waals surface area contributed by atoms with E-state index < -0.39 is 5.60 Å². The van der Waals surface area contributed by atoms with Crippen molar-refractivity contribution in [3.8, 4) is 5.75 Å². The van der Waals surface area contributed by atoms with E-state index in [1.807, 2.05) is 0 Å². The van der Waals surface area contributed by atoms with Gasteiger partial charge in [0.25, 0.3) is 0 Å². The van der Waals surface area contributed by atoms with Gasteiger partial charge in [-0.3, -0.25) is 0 Å². The summed E-state index contributed by atoms with van der Waals surface area (Å²) in [5.41, 5.74) is 7.74. The van der Waals surface area contributed by atoms with Crippen LogP contribution in [0.25, 0.3) is 11.2 Å². The van der Waals surface area contributed by atoms with Gasteiger partial charge in [-0.2, -0.15) is 9.97 Å². The minimum atomic E-state index is -0.778. The van der Waals surface area contributed by atoms with Crippen LogP contribution in [-0.2, 0) is 6.54 Å². The fraction of sp³-hybridized carbons (Fsp3) is 0.500. The molecule has 0 atom stereocenters. The highest BCUT2D eigenvalue weighted by atomic mass is 16.3. The van der Waals surface area contributed by atoms with E-state index in [2.05, 4.69) is 39.0 Å². The van der Waals surface area contributed by atoms with Gasteiger partial charge in [0.2, 0.25) is 5.95 Å². The average Bonchev–Trinajstić information content (AvgIpc) is 3.12. The number of anilines is 3. The van der Waals surface area contributed by atoms with Crippen LogP contribution in [-0.4, -0.2) is 41.9 Å². The molecule has 0 bridgehead atoms. The summed E-state index contributed by atoms with van der Waals surface area (Å²) in [5, 5.41) is 26.6. The summed E-state index contributed by atoms with van der Waals surface area (Å²) in [6, 6.07) is 5.25. The number of imidazole rings is 1. The number of hydrogen-bond donors (Lipinski definition) is 5. The zero-order chi connectivity index (χ0) is 22.6. The molecule has 0 fully saturated rings. The zero-order valence-corrected chi connectivity index (χ0v) is 18.7. The van der Waals surface area contributed by atoms with E-state index in [0.29, 0.717) is 48.0 Å². The Morgan fingerprint density at radius 3 is 2.58 bits per heavy atom. The summed E-state index contributed by atoms with van der Waals surface area (Å²) in [4.78, 5) is 13.9. The fourth-order valence-corrected chi connectivity index (χ4v) is 3.47. The van der Waals surface area contributed by atoms with Crippen molar-refractivity contribution in [1.29, 1.82) is 0 Å². The van der Waals surface area contributed by atoms with E-state index in [9.17, 15) is 10.2 Å². The number of benzene rings is 1. The Hall–Kier alpha value is -3.07. The highest BCUT2D eigenvalue weighted by molar-refractivity contribution is 5.84. The molecule has 0 unspecified atom stereocenters. The molecule has 0 amide bonds. The van der Waals surface area contributed by atoms with Gasteiger partial charge in [-0.25, -0.2) is 4.98 Å². The van der Waals surface area contributed by atoms with Crippen LogP contribution in [0, 0.1) is 0 Å². The summed E-state index contributed by atoms with van der Waals surface area (Å²) >= 11 is 0. The molecule has 2 aromatic heterocycles. The molecular formula is C22H33N7O2. The van der Waals surface area contributed by atoms with E-state index in [4.69, 9.17) is 10.7 Å². The number of aromatic nitrogens is 4. The number of rotatable bonds is 10. The molecule has 3 rings (SSSR count). The van der Waals surface area contributed by atoms with Gasteiger partial charge in [-0.15, -0.1) is 0 Å². The molecule has 0 aliphatic carbocycles. The lowest BCUT2D eigenvalue weighted by Crippen LogP contribution is -2.23. The van der Waals surface area contributed by atoms with Crippen molar-refractivity contribution in [2.24, 2.45) is 0 Å². The van der Waals surface area contributed by atoms with Crippen molar-refractivity contribution in [2.75, 3.05) is 22.9 Å². The van der Waals surface area contributed by atoms with Crippen molar-refractivity contribution in [3.05, 3.63) is 30.1 Å². The molecule has 31 heavy (non-hydrogen) atoms. The number of aromatic hydroxyl groups is 1. The van der Waals surface area contributed by atoms with Crippen molar-refractivity contribution >= 4 is 28.6 Å². The van der Waals surface area contributed by atoms with Crippen LogP contribution in [0.4, 0.5) is 17.5 Å². The Balaban J connectivity index is 1.94. The Bertz CT molecular complexity index is 1020. The molecule has 9 heteroatoms. The van der Waals surface area contributed by atoms with Crippen LogP contribution < -0.4 is 16.4 Å². The number of fused-ring (bicyclic) bond motifs is 1. The average molecular weight is 428 g/mol. The fourth-order valence-electron chi connectivity index (χ4n) is 3.47. The maximum atomic E-state index is 10.1. The smallest absolute Gasteiger partial charge is 0.226 e. The first-order valence-electron chi connectivity index (χ1n) is 10.7. The first-order valence-corrected chi connectivity index (χ1v) is 10.7. The van der Waals surface area contributed by atoms with Crippen LogP contribution in [0.5, 0.6) is 5.75 Å². The van der Waals surface area contributed by atoms with Gasteiger partial charge in [-0.05, 0) is 51.3 Å². The Morgan fingerprint density at radius 2 is 1.90 bits per heavy atom. The van der Waals surface area contributed by atoms with Crippen molar-refractivity contribution in [2.45, 2.75) is 65.1 Å². The lowest BCUT2D eigenvalue weighted by molar-refractivity contribution is 0.0748. The molecule has 0 aliphatic rings. The summed E-state index contributed by atoms with van der Waals surface area (Å²) in [6.07, 6.45) is 4.29. The van der Waals surface area contributed by atoms with Gasteiger partial charge in [0.15, 0.2) is 17.0 Å². The lowest BCUT2D eigenvalue weighted by atomic mass is 10.1. The number of nitrogens with zero attached hydrogens (tertiary/aromatic N) is 4. The quantitative estimate of drug-likeness (QED) is 0.244. The number of nitrogens with two attached hydrogens (primary N) is 1. The van der Waals surface area contributed by atoms with Gasteiger partial charge in [0.1, 0.15) is 5.75 Å². The molecule has 3 aromatic rings. The molecule has 2 heterocycles. The normalized spacial score (nSPS) is 11.9. The molecule has 9 nitrogen and oxygen atoms in total. The maximum Gasteiger partial charge on any atom is 0.226 e. The van der Waals surface area contributed by atoms with Gasteiger partial charge < -0.3 is 31.1 Å². The third-order valence-corrected chi connectivity index (χ3v) is 5.33. The Kier molecular flexibility index (Phi) is 6.84. The zero-order valence-electron chi connectivity index (χ0n) is 18.7. The predicted octanol–water partition coefficient (Wildman–Crippen LogP) is 3.66. The molecule has 0 aliphatic heterocycles. The van der Waals surface area contributed by atoms with E-state index in [1.54, 1.807) is 38.4 Å². The van der Waals surface area contributed by atoms with E-state index in [-0.39, 0.29) is 11.8 Å². The molecule has 0 radical (unpaired) electrons. The number of nitrogen functional groups attached to an aromatic ring is 1. The standard InChI is InChI=1S/C22H33N7O2/c1-5-16(6-2)29-13-26-18-19(25-12-14-11-15(23)7-8-17(14)30)27-21(28-20(18)29)24-10-9-22(3,4)31/h7-8,11,13,16,30-31H,5-6,9-10,12,23H2,1-4H3,(H2,24,25,27,28). The Morgan fingerprint density at radius 1 is 1.16 bits per heavy atom. The molecule has 6 N–H and O–H groups in total. The van der Waals surface area contributed by atoms with Crippen molar-refractivity contribution in [3.63, 3.8) is 0 Å². The van der Waals surface area contributed by atoms with Crippen molar-refractivity contribution < 1.29 is 10.2 Å². The number of hydrogen-bond acceptors (Lipinski definition) is 8. The molecule has 0 spiro atoms. The molecule has 0 saturated heterocycles. The molecular weight excluding hydrogens is 394 g/mol.